The van der Waals surface area contributed by atoms with E-state index in [-0.39, 0.29) is 0 Å². The number of hydrogen-bond acceptors (Lipinski definition) is 3. The Morgan fingerprint density at radius 3 is 2.74 bits per heavy atom. The third kappa shape index (κ3) is 3.35. The molecule has 0 aliphatic heterocycles. The van der Waals surface area contributed by atoms with Gasteiger partial charge in [-0.05, 0) is 19.1 Å². The molecule has 1 aromatic carbocycles. The molecule has 0 N–H and O–H groups in total. The summed E-state index contributed by atoms with van der Waals surface area (Å²) in [5.74, 6) is 0.846. The molecule has 0 aliphatic rings. The first kappa shape index (κ1) is 13.6. The van der Waals surface area contributed by atoms with Gasteiger partial charge in [-0.15, -0.1) is 0 Å². The Labute approximate surface area is 116 Å². The molecule has 2 aromatic rings. The van der Waals surface area contributed by atoms with Gasteiger partial charge >= 0.3 is 0 Å². The van der Waals surface area contributed by atoms with E-state index in [1.54, 1.807) is 11.6 Å². The van der Waals surface area contributed by atoms with Crippen molar-refractivity contribution in [2.45, 2.75) is 19.9 Å². The molecule has 19 heavy (non-hydrogen) atoms. The number of halogens is 1. The Bertz CT molecular complexity index is 552. The summed E-state index contributed by atoms with van der Waals surface area (Å²) in [5.41, 5.74) is 1.12. The molecule has 0 amide bonds. The average molecular weight is 279 g/mol. The highest BCUT2D eigenvalue weighted by Gasteiger charge is 2.11. The molecule has 0 saturated carbocycles. The number of carbonyl (C=O) groups is 1. The lowest BCUT2D eigenvalue weighted by molar-refractivity contribution is 0.112. The molecule has 0 radical (unpaired) electrons. The molecule has 1 heterocycles. The van der Waals surface area contributed by atoms with Gasteiger partial charge in [0, 0.05) is 13.0 Å². The molecule has 0 spiro atoms. The Kier molecular flexibility index (Phi) is 4.58. The number of ether oxygens (including phenoxy) is 1. The van der Waals surface area contributed by atoms with E-state index in [2.05, 4.69) is 5.10 Å². The van der Waals surface area contributed by atoms with Gasteiger partial charge in [-0.25, -0.2) is 0 Å². The third-order valence-corrected chi connectivity index (χ3v) is 3.15. The minimum atomic E-state index is 0.396. The second-order valence-corrected chi connectivity index (χ2v) is 4.50. The molecule has 0 bridgehead atoms. The Balaban J connectivity index is 1.85. The van der Waals surface area contributed by atoms with Crippen molar-refractivity contribution in [3.63, 3.8) is 0 Å². The van der Waals surface area contributed by atoms with Crippen molar-refractivity contribution in [2.75, 3.05) is 6.61 Å². The third-order valence-electron chi connectivity index (χ3n) is 2.75. The normalized spacial score (nSPS) is 10.4. The van der Waals surface area contributed by atoms with Gasteiger partial charge in [0.05, 0.1) is 17.9 Å². The number of hydrogen-bond donors (Lipinski definition) is 0. The molecular weight excluding hydrogens is 264 g/mol. The first-order valence-corrected chi connectivity index (χ1v) is 6.46. The van der Waals surface area contributed by atoms with Gasteiger partial charge < -0.3 is 4.74 Å². The molecule has 1 aromatic heterocycles. The Morgan fingerprint density at radius 2 is 2.11 bits per heavy atom. The topological polar surface area (TPSA) is 44.1 Å². The molecule has 100 valence electrons. The number of nitrogens with zero attached hydrogens (tertiary/aromatic N) is 2. The van der Waals surface area contributed by atoms with Gasteiger partial charge in [-0.2, -0.15) is 5.10 Å². The van der Waals surface area contributed by atoms with Gasteiger partial charge in [-0.1, -0.05) is 29.8 Å². The van der Waals surface area contributed by atoms with Crippen LogP contribution in [0.2, 0.25) is 5.15 Å². The molecular formula is C14H15ClN2O2. The molecule has 2 rings (SSSR count). The van der Waals surface area contributed by atoms with Crippen LogP contribution in [-0.4, -0.2) is 22.7 Å². The fraction of sp³-hybridized carbons (Fsp3) is 0.286. The predicted octanol–water partition coefficient (Wildman–Crippen LogP) is 3.13. The number of para-hydroxylation sites is 1. The van der Waals surface area contributed by atoms with Crippen LogP contribution in [-0.2, 0) is 6.54 Å². The lowest BCUT2D eigenvalue weighted by Crippen LogP contribution is -2.06. The number of benzene rings is 1. The zero-order valence-corrected chi connectivity index (χ0v) is 11.4. The first-order valence-electron chi connectivity index (χ1n) is 6.08. The summed E-state index contributed by atoms with van der Waals surface area (Å²) < 4.78 is 7.21. The Hall–Kier alpha value is -1.81. The van der Waals surface area contributed by atoms with Crippen LogP contribution < -0.4 is 4.74 Å². The van der Waals surface area contributed by atoms with Gasteiger partial charge in [0.2, 0.25) is 0 Å². The quantitative estimate of drug-likeness (QED) is 0.602. The summed E-state index contributed by atoms with van der Waals surface area (Å²) in [6, 6.07) is 9.63. The second-order valence-electron chi connectivity index (χ2n) is 4.15. The highest BCUT2D eigenvalue weighted by atomic mass is 35.5. The van der Waals surface area contributed by atoms with E-state index >= 15 is 0 Å². The lowest BCUT2D eigenvalue weighted by Gasteiger charge is -2.06. The van der Waals surface area contributed by atoms with Crippen LogP contribution in [0.4, 0.5) is 0 Å². The monoisotopic (exact) mass is 278 g/mol. The summed E-state index contributed by atoms with van der Waals surface area (Å²) in [6.45, 7) is 2.97. The number of aromatic nitrogens is 2. The molecule has 0 unspecified atom stereocenters. The van der Waals surface area contributed by atoms with Crippen molar-refractivity contribution in [1.29, 1.82) is 0 Å². The summed E-state index contributed by atoms with van der Waals surface area (Å²) in [5, 5.41) is 4.62. The zero-order valence-electron chi connectivity index (χ0n) is 10.7. The molecule has 5 heteroatoms. The summed E-state index contributed by atoms with van der Waals surface area (Å²) in [6.07, 6.45) is 1.51. The van der Waals surface area contributed by atoms with E-state index in [0.717, 1.165) is 18.5 Å². The maximum Gasteiger partial charge on any atom is 0.155 e. The van der Waals surface area contributed by atoms with Crippen LogP contribution in [0.5, 0.6) is 5.75 Å². The first-order chi connectivity index (χ1) is 9.22. The number of carbonyl (C=O) groups excluding carboxylic acids is 1. The lowest BCUT2D eigenvalue weighted by atomic mass is 10.3. The van der Waals surface area contributed by atoms with E-state index < -0.39 is 0 Å². The summed E-state index contributed by atoms with van der Waals surface area (Å²) in [7, 11) is 0. The average Bonchev–Trinajstić information content (AvgIpc) is 2.70. The highest BCUT2D eigenvalue weighted by Crippen LogP contribution is 2.18. The van der Waals surface area contributed by atoms with Crippen LogP contribution in [0.1, 0.15) is 22.5 Å². The van der Waals surface area contributed by atoms with E-state index in [0.29, 0.717) is 29.6 Å². The van der Waals surface area contributed by atoms with Crippen molar-refractivity contribution in [3.05, 3.63) is 46.7 Å². The summed E-state index contributed by atoms with van der Waals surface area (Å²) >= 11 is 6.05. The van der Waals surface area contributed by atoms with Gasteiger partial charge in [-0.3, -0.25) is 9.48 Å². The van der Waals surface area contributed by atoms with Crippen LogP contribution in [0.25, 0.3) is 0 Å². The van der Waals surface area contributed by atoms with Gasteiger partial charge in [0.15, 0.2) is 6.29 Å². The molecule has 0 saturated heterocycles. The van der Waals surface area contributed by atoms with Crippen molar-refractivity contribution < 1.29 is 9.53 Å². The standard InChI is InChI=1S/C14H15ClN2O2/c1-11-13(10-18)14(15)17(16-11)8-5-9-19-12-6-3-2-4-7-12/h2-4,6-7,10H,5,8-9H2,1H3. The zero-order chi connectivity index (χ0) is 13.7. The second kappa shape index (κ2) is 6.38. The van der Waals surface area contributed by atoms with Crippen LogP contribution in [0.15, 0.2) is 30.3 Å². The molecule has 0 aliphatic carbocycles. The number of aldehydes is 1. The smallest absolute Gasteiger partial charge is 0.155 e. The van der Waals surface area contributed by atoms with Crippen molar-refractivity contribution >= 4 is 17.9 Å². The largest absolute Gasteiger partial charge is 0.494 e. The predicted molar refractivity (Wildman–Crippen MR) is 73.9 cm³/mol. The van der Waals surface area contributed by atoms with E-state index in [1.807, 2.05) is 30.3 Å². The van der Waals surface area contributed by atoms with Crippen molar-refractivity contribution in [3.8, 4) is 5.75 Å². The maximum absolute atomic E-state index is 10.8. The fourth-order valence-electron chi connectivity index (χ4n) is 1.77. The van der Waals surface area contributed by atoms with Gasteiger partial charge in [0.1, 0.15) is 10.9 Å². The Morgan fingerprint density at radius 1 is 1.37 bits per heavy atom. The number of aryl methyl sites for hydroxylation is 2. The maximum atomic E-state index is 10.8. The van der Waals surface area contributed by atoms with E-state index in [9.17, 15) is 4.79 Å². The minimum Gasteiger partial charge on any atom is -0.494 e. The van der Waals surface area contributed by atoms with Crippen molar-refractivity contribution in [2.24, 2.45) is 0 Å². The highest BCUT2D eigenvalue weighted by molar-refractivity contribution is 6.32. The molecule has 4 nitrogen and oxygen atoms in total. The molecule has 0 atom stereocenters. The van der Waals surface area contributed by atoms with Crippen LogP contribution in [0, 0.1) is 6.92 Å². The van der Waals surface area contributed by atoms with E-state index in [4.69, 9.17) is 16.3 Å². The van der Waals surface area contributed by atoms with Gasteiger partial charge in [0.25, 0.3) is 0 Å². The fourth-order valence-corrected chi connectivity index (χ4v) is 2.07. The SMILES string of the molecule is Cc1nn(CCCOc2ccccc2)c(Cl)c1C=O. The van der Waals surface area contributed by atoms with Crippen molar-refractivity contribution in [1.82, 2.24) is 9.78 Å². The van der Waals surface area contributed by atoms with Crippen LogP contribution in [0.3, 0.4) is 0 Å². The number of rotatable bonds is 6. The van der Waals surface area contributed by atoms with Crippen LogP contribution >= 0.6 is 11.6 Å². The summed E-state index contributed by atoms with van der Waals surface area (Å²) in [4.78, 5) is 10.8. The minimum absolute atomic E-state index is 0.396. The van der Waals surface area contributed by atoms with E-state index in [1.165, 1.54) is 0 Å². The molecule has 0 fully saturated rings.